The summed E-state index contributed by atoms with van der Waals surface area (Å²) in [6.07, 6.45) is -6.02. The number of hydrogen-bond acceptors (Lipinski definition) is 9. The van der Waals surface area contributed by atoms with Crippen LogP contribution in [0, 0.1) is 6.92 Å². The second-order valence-corrected chi connectivity index (χ2v) is 7.77. The second-order valence-electron chi connectivity index (χ2n) is 6.16. The number of nitrogens with one attached hydrogen (secondary N) is 1. The minimum Gasteiger partial charge on any atom is -0.445 e. The molecule has 0 spiro atoms. The van der Waals surface area contributed by atoms with Crippen molar-refractivity contribution in [2.24, 2.45) is 0 Å². The van der Waals surface area contributed by atoms with Gasteiger partial charge in [-0.05, 0) is 19.1 Å². The molecule has 10 nitrogen and oxygen atoms in total. The van der Waals surface area contributed by atoms with Crippen LogP contribution in [0.3, 0.4) is 0 Å². The van der Waals surface area contributed by atoms with E-state index in [9.17, 15) is 28.5 Å². The zero-order chi connectivity index (χ0) is 20.9. The number of aliphatic hydroxyl groups excluding tert-OH is 3. The number of aliphatic hydroxyl groups is 3. The summed E-state index contributed by atoms with van der Waals surface area (Å²) in [6, 6.07) is 4.52. The van der Waals surface area contributed by atoms with Gasteiger partial charge in [-0.15, -0.1) is 0 Å². The van der Waals surface area contributed by atoms with E-state index in [4.69, 9.17) is 8.92 Å². The molecule has 1 aliphatic heterocycles. The highest BCUT2D eigenvalue weighted by Crippen LogP contribution is 2.22. The Morgan fingerprint density at radius 1 is 1.25 bits per heavy atom. The van der Waals surface area contributed by atoms with Crippen LogP contribution < -0.4 is 5.32 Å². The Labute approximate surface area is 162 Å². The first-order valence-corrected chi connectivity index (χ1v) is 9.76. The summed E-state index contributed by atoms with van der Waals surface area (Å²) in [7, 11) is -4.13. The molecule has 0 bridgehead atoms. The predicted octanol–water partition coefficient (Wildman–Crippen LogP) is -0.580. The van der Waals surface area contributed by atoms with Crippen molar-refractivity contribution in [2.45, 2.75) is 42.5 Å². The highest BCUT2D eigenvalue weighted by Gasteiger charge is 2.45. The monoisotopic (exact) mass is 417 g/mol. The Morgan fingerprint density at radius 3 is 2.50 bits per heavy atom. The van der Waals surface area contributed by atoms with Crippen molar-refractivity contribution in [3.8, 4) is 0 Å². The molecule has 0 radical (unpaired) electrons. The van der Waals surface area contributed by atoms with E-state index in [1.54, 1.807) is 19.1 Å². The Kier molecular flexibility index (Phi) is 7.52. The zero-order valence-corrected chi connectivity index (χ0v) is 15.9. The van der Waals surface area contributed by atoms with Crippen molar-refractivity contribution in [2.75, 3.05) is 13.2 Å². The summed E-state index contributed by atoms with van der Waals surface area (Å²) in [5.74, 6) is 0. The topological polar surface area (TPSA) is 152 Å². The molecule has 0 saturated carbocycles. The number of amides is 1. The average molecular weight is 417 g/mol. The molecule has 1 saturated heterocycles. The van der Waals surface area contributed by atoms with E-state index in [1.165, 1.54) is 18.2 Å². The third-order valence-electron chi connectivity index (χ3n) is 4.03. The molecule has 1 amide bonds. The zero-order valence-electron chi connectivity index (χ0n) is 15.1. The van der Waals surface area contributed by atoms with Crippen LogP contribution in [0.15, 0.2) is 41.8 Å². The summed E-state index contributed by atoms with van der Waals surface area (Å²) in [6.45, 7) is 4.41. The predicted molar refractivity (Wildman–Crippen MR) is 95.7 cm³/mol. The number of carbonyl (C=O) groups is 1. The Balaban J connectivity index is 1.98. The molecule has 4 N–H and O–H groups in total. The number of hydrogen-bond donors (Lipinski definition) is 4. The first-order chi connectivity index (χ1) is 13.2. The maximum absolute atomic E-state index is 12.2. The second kappa shape index (κ2) is 9.45. The molecular formula is C17H23NO9S. The fraction of sp³-hybridized carbons (Fsp3) is 0.471. The molecule has 2 rings (SSSR count). The largest absolute Gasteiger partial charge is 0.445 e. The molecule has 156 valence electrons. The summed E-state index contributed by atoms with van der Waals surface area (Å²) in [5.41, 5.74) is 0.862. The molecule has 1 heterocycles. The van der Waals surface area contributed by atoms with Crippen LogP contribution in [-0.4, -0.2) is 73.7 Å². The maximum Gasteiger partial charge on any atom is 0.407 e. The van der Waals surface area contributed by atoms with Gasteiger partial charge in [0.15, 0.2) is 6.29 Å². The first kappa shape index (κ1) is 22.3. The van der Waals surface area contributed by atoms with Crippen LogP contribution in [0.25, 0.3) is 0 Å². The van der Waals surface area contributed by atoms with E-state index in [-0.39, 0.29) is 11.5 Å². The minimum absolute atomic E-state index is 0.0889. The van der Waals surface area contributed by atoms with Gasteiger partial charge in [0.05, 0.1) is 11.5 Å². The highest BCUT2D eigenvalue weighted by molar-refractivity contribution is 7.86. The molecule has 28 heavy (non-hydrogen) atoms. The molecular weight excluding hydrogens is 394 g/mol. The Bertz CT molecular complexity index is 780. The van der Waals surface area contributed by atoms with E-state index in [0.717, 1.165) is 5.56 Å². The molecule has 0 unspecified atom stereocenters. The summed E-state index contributed by atoms with van der Waals surface area (Å²) < 4.78 is 39.0. The van der Waals surface area contributed by atoms with Crippen molar-refractivity contribution in [1.82, 2.24) is 5.32 Å². The first-order valence-electron chi connectivity index (χ1n) is 8.35. The number of rotatable bonds is 7. The van der Waals surface area contributed by atoms with Crippen LogP contribution in [0.5, 0.6) is 0 Å². The van der Waals surface area contributed by atoms with Crippen molar-refractivity contribution < 1.29 is 42.2 Å². The van der Waals surface area contributed by atoms with E-state index in [0.29, 0.717) is 0 Å². The Morgan fingerprint density at radius 2 is 1.89 bits per heavy atom. The lowest BCUT2D eigenvalue weighted by Crippen LogP contribution is -2.64. The van der Waals surface area contributed by atoms with E-state index in [1.807, 2.05) is 0 Å². The van der Waals surface area contributed by atoms with E-state index in [2.05, 4.69) is 16.6 Å². The van der Waals surface area contributed by atoms with Crippen LogP contribution in [0.1, 0.15) is 5.56 Å². The fourth-order valence-corrected chi connectivity index (χ4v) is 3.40. The Hall–Kier alpha value is -2.02. The van der Waals surface area contributed by atoms with Crippen LogP contribution in [-0.2, 0) is 23.8 Å². The number of ether oxygens (including phenoxy) is 2. The van der Waals surface area contributed by atoms with Gasteiger partial charge in [0.2, 0.25) is 0 Å². The van der Waals surface area contributed by atoms with Crippen molar-refractivity contribution in [1.29, 1.82) is 0 Å². The van der Waals surface area contributed by atoms with Gasteiger partial charge in [-0.25, -0.2) is 4.79 Å². The summed E-state index contributed by atoms with van der Waals surface area (Å²) in [4.78, 5) is 11.5. The third-order valence-corrected chi connectivity index (χ3v) is 5.33. The summed E-state index contributed by atoms with van der Waals surface area (Å²) in [5, 5.41) is 32.4. The number of benzene rings is 1. The van der Waals surface area contributed by atoms with E-state index < -0.39 is 53.5 Å². The molecule has 5 atom stereocenters. The van der Waals surface area contributed by atoms with Gasteiger partial charge in [0.25, 0.3) is 10.1 Å². The SMILES string of the molecule is C=CCOC(=O)N[C@@H]1[C@@H](O)[C@H](O)[C@@H](COS(=O)(=O)c2ccc(C)cc2)O[C@H]1O. The molecule has 1 aliphatic rings. The number of aryl methyl sites for hydroxylation is 1. The van der Waals surface area contributed by atoms with Gasteiger partial charge >= 0.3 is 6.09 Å². The third kappa shape index (κ3) is 5.50. The van der Waals surface area contributed by atoms with Crippen molar-refractivity contribution >= 4 is 16.2 Å². The van der Waals surface area contributed by atoms with Crippen molar-refractivity contribution in [3.63, 3.8) is 0 Å². The van der Waals surface area contributed by atoms with Crippen LogP contribution in [0.4, 0.5) is 4.79 Å². The lowest BCUT2D eigenvalue weighted by molar-refractivity contribution is -0.251. The van der Waals surface area contributed by atoms with Gasteiger partial charge in [0, 0.05) is 0 Å². The molecule has 1 aromatic carbocycles. The molecule has 1 aromatic rings. The maximum atomic E-state index is 12.2. The standard InChI is InChI=1S/C17H23NO9S/c1-3-8-25-17(22)18-13-15(20)14(19)12(27-16(13)21)9-26-28(23,24)11-6-4-10(2)5-7-11/h3-7,12-16,19-21H,1,8-9H2,2H3,(H,18,22)/t12-,13-,14-,15-,16-/m1/s1. The average Bonchev–Trinajstić information content (AvgIpc) is 2.65. The van der Waals surface area contributed by atoms with Gasteiger partial charge in [-0.3, -0.25) is 4.18 Å². The molecule has 0 aromatic heterocycles. The molecule has 11 heteroatoms. The van der Waals surface area contributed by atoms with Gasteiger partial charge < -0.3 is 30.1 Å². The van der Waals surface area contributed by atoms with Gasteiger partial charge in [-0.1, -0.05) is 30.4 Å². The lowest BCUT2D eigenvalue weighted by atomic mass is 9.97. The quantitative estimate of drug-likeness (QED) is 0.337. The van der Waals surface area contributed by atoms with Gasteiger partial charge in [0.1, 0.15) is 31.0 Å². The highest BCUT2D eigenvalue weighted by atomic mass is 32.2. The van der Waals surface area contributed by atoms with Crippen LogP contribution >= 0.6 is 0 Å². The molecule has 1 fully saturated rings. The number of carbonyl (C=O) groups excluding carboxylic acids is 1. The van der Waals surface area contributed by atoms with Crippen LogP contribution in [0.2, 0.25) is 0 Å². The van der Waals surface area contributed by atoms with Gasteiger partial charge in [-0.2, -0.15) is 8.42 Å². The van der Waals surface area contributed by atoms with Crippen molar-refractivity contribution in [3.05, 3.63) is 42.5 Å². The van der Waals surface area contributed by atoms with E-state index >= 15 is 0 Å². The normalized spacial score (nSPS) is 27.8. The molecule has 0 aliphatic carbocycles. The smallest absolute Gasteiger partial charge is 0.407 e. The summed E-state index contributed by atoms with van der Waals surface area (Å²) >= 11 is 0. The number of alkyl carbamates (subject to hydrolysis) is 1. The fourth-order valence-electron chi connectivity index (χ4n) is 2.48. The minimum atomic E-state index is -4.13. The lowest BCUT2D eigenvalue weighted by Gasteiger charge is -2.40.